The lowest BCUT2D eigenvalue weighted by Crippen LogP contribution is -2.32. The SMILES string of the molecule is CCOc1ccc(C(N)C(O)CN)cc1. The molecule has 1 aromatic rings. The van der Waals surface area contributed by atoms with Crippen LogP contribution >= 0.6 is 0 Å². The van der Waals surface area contributed by atoms with E-state index >= 15 is 0 Å². The van der Waals surface area contributed by atoms with Crippen molar-refractivity contribution in [2.24, 2.45) is 11.5 Å². The second-order valence-corrected chi connectivity index (χ2v) is 3.33. The molecule has 1 aromatic carbocycles. The highest BCUT2D eigenvalue weighted by atomic mass is 16.5. The number of aliphatic hydroxyl groups excluding tert-OH is 1. The van der Waals surface area contributed by atoms with Gasteiger partial charge in [0.2, 0.25) is 0 Å². The summed E-state index contributed by atoms with van der Waals surface area (Å²) in [5, 5.41) is 9.47. The summed E-state index contributed by atoms with van der Waals surface area (Å²) in [7, 11) is 0. The smallest absolute Gasteiger partial charge is 0.119 e. The minimum absolute atomic E-state index is 0.161. The van der Waals surface area contributed by atoms with E-state index in [1.54, 1.807) is 0 Å². The Morgan fingerprint density at radius 2 is 1.93 bits per heavy atom. The van der Waals surface area contributed by atoms with E-state index < -0.39 is 12.1 Å². The molecule has 0 saturated carbocycles. The molecule has 0 radical (unpaired) electrons. The number of aliphatic hydroxyl groups is 1. The van der Waals surface area contributed by atoms with Gasteiger partial charge in [0.25, 0.3) is 0 Å². The van der Waals surface area contributed by atoms with Crippen LogP contribution in [0.5, 0.6) is 5.75 Å². The third kappa shape index (κ3) is 3.20. The van der Waals surface area contributed by atoms with Gasteiger partial charge in [-0.3, -0.25) is 0 Å². The predicted molar refractivity (Wildman–Crippen MR) is 59.6 cm³/mol. The van der Waals surface area contributed by atoms with Gasteiger partial charge in [-0.1, -0.05) is 12.1 Å². The molecule has 0 bridgehead atoms. The van der Waals surface area contributed by atoms with E-state index in [2.05, 4.69) is 0 Å². The van der Waals surface area contributed by atoms with Crippen LogP contribution in [0.2, 0.25) is 0 Å². The number of rotatable bonds is 5. The van der Waals surface area contributed by atoms with Crippen LogP contribution in [0.1, 0.15) is 18.5 Å². The van der Waals surface area contributed by atoms with Crippen molar-refractivity contribution in [2.75, 3.05) is 13.2 Å². The molecule has 0 spiro atoms. The van der Waals surface area contributed by atoms with Crippen LogP contribution in [0.25, 0.3) is 0 Å². The molecule has 0 aliphatic rings. The van der Waals surface area contributed by atoms with Crippen LogP contribution in [0.3, 0.4) is 0 Å². The van der Waals surface area contributed by atoms with Crippen molar-refractivity contribution in [2.45, 2.75) is 19.1 Å². The number of hydrogen-bond donors (Lipinski definition) is 3. The number of ether oxygens (including phenoxy) is 1. The second kappa shape index (κ2) is 5.70. The predicted octanol–water partition coefficient (Wildman–Crippen LogP) is 0.405. The van der Waals surface area contributed by atoms with Crippen molar-refractivity contribution in [3.8, 4) is 5.75 Å². The van der Waals surface area contributed by atoms with Crippen LogP contribution < -0.4 is 16.2 Å². The van der Waals surface area contributed by atoms with Gasteiger partial charge in [0.05, 0.1) is 18.8 Å². The van der Waals surface area contributed by atoms with Gasteiger partial charge in [-0.15, -0.1) is 0 Å². The fraction of sp³-hybridized carbons (Fsp3) is 0.455. The molecule has 5 N–H and O–H groups in total. The molecular formula is C11H18N2O2. The second-order valence-electron chi connectivity index (χ2n) is 3.33. The van der Waals surface area contributed by atoms with Crippen LogP contribution in [0, 0.1) is 0 Å². The summed E-state index contributed by atoms with van der Waals surface area (Å²) < 4.78 is 5.30. The van der Waals surface area contributed by atoms with Crippen molar-refractivity contribution in [1.82, 2.24) is 0 Å². The molecule has 0 aliphatic heterocycles. The first-order valence-electron chi connectivity index (χ1n) is 5.05. The maximum Gasteiger partial charge on any atom is 0.119 e. The fourth-order valence-electron chi connectivity index (χ4n) is 1.32. The van der Waals surface area contributed by atoms with Crippen LogP contribution in [-0.2, 0) is 0 Å². The monoisotopic (exact) mass is 210 g/mol. The Morgan fingerprint density at radius 1 is 1.33 bits per heavy atom. The summed E-state index contributed by atoms with van der Waals surface area (Å²) >= 11 is 0. The van der Waals surface area contributed by atoms with Crippen molar-refractivity contribution in [1.29, 1.82) is 0 Å². The van der Waals surface area contributed by atoms with Crippen molar-refractivity contribution in [3.05, 3.63) is 29.8 Å². The molecule has 4 nitrogen and oxygen atoms in total. The molecule has 0 aliphatic carbocycles. The highest BCUT2D eigenvalue weighted by molar-refractivity contribution is 5.29. The van der Waals surface area contributed by atoms with Crippen LogP contribution in [0.15, 0.2) is 24.3 Å². The van der Waals surface area contributed by atoms with Crippen LogP contribution in [0.4, 0.5) is 0 Å². The Hall–Kier alpha value is -1.10. The highest BCUT2D eigenvalue weighted by Gasteiger charge is 2.14. The number of benzene rings is 1. The largest absolute Gasteiger partial charge is 0.494 e. The first-order chi connectivity index (χ1) is 7.19. The maximum atomic E-state index is 9.47. The summed E-state index contributed by atoms with van der Waals surface area (Å²) in [5.41, 5.74) is 12.0. The zero-order valence-corrected chi connectivity index (χ0v) is 8.89. The molecular weight excluding hydrogens is 192 g/mol. The molecule has 84 valence electrons. The molecule has 2 unspecified atom stereocenters. The van der Waals surface area contributed by atoms with Gasteiger partial charge >= 0.3 is 0 Å². The lowest BCUT2D eigenvalue weighted by atomic mass is 10.0. The first-order valence-corrected chi connectivity index (χ1v) is 5.05. The summed E-state index contributed by atoms with van der Waals surface area (Å²) in [6.07, 6.45) is -0.706. The van der Waals surface area contributed by atoms with Crippen molar-refractivity contribution < 1.29 is 9.84 Å². The van der Waals surface area contributed by atoms with E-state index in [9.17, 15) is 5.11 Å². The molecule has 0 heterocycles. The zero-order valence-electron chi connectivity index (χ0n) is 8.89. The van der Waals surface area contributed by atoms with E-state index in [-0.39, 0.29) is 6.54 Å². The fourth-order valence-corrected chi connectivity index (χ4v) is 1.32. The lowest BCUT2D eigenvalue weighted by molar-refractivity contribution is 0.153. The summed E-state index contributed by atoms with van der Waals surface area (Å²) in [6.45, 7) is 2.73. The van der Waals surface area contributed by atoms with E-state index in [4.69, 9.17) is 16.2 Å². The number of nitrogens with two attached hydrogens (primary N) is 2. The molecule has 1 rings (SSSR count). The number of hydrogen-bond acceptors (Lipinski definition) is 4. The van der Waals surface area contributed by atoms with Gasteiger partial charge < -0.3 is 21.3 Å². The summed E-state index contributed by atoms with van der Waals surface area (Å²) in [5.74, 6) is 0.802. The van der Waals surface area contributed by atoms with Crippen molar-refractivity contribution in [3.63, 3.8) is 0 Å². The third-order valence-corrected chi connectivity index (χ3v) is 2.23. The van der Waals surface area contributed by atoms with Gasteiger partial charge in [-0.05, 0) is 24.6 Å². The Balaban J connectivity index is 2.70. The van der Waals surface area contributed by atoms with Gasteiger partial charge in [-0.2, -0.15) is 0 Å². The molecule has 4 heteroatoms. The normalized spacial score (nSPS) is 14.7. The van der Waals surface area contributed by atoms with E-state index in [0.717, 1.165) is 11.3 Å². The zero-order chi connectivity index (χ0) is 11.3. The standard InChI is InChI=1S/C11H18N2O2/c1-2-15-9-5-3-8(4-6-9)11(13)10(14)7-12/h3-6,10-11,14H,2,7,12-13H2,1H3. The lowest BCUT2D eigenvalue weighted by Gasteiger charge is -2.17. The van der Waals surface area contributed by atoms with Gasteiger partial charge in [0.15, 0.2) is 0 Å². The van der Waals surface area contributed by atoms with E-state index in [0.29, 0.717) is 6.61 Å². The van der Waals surface area contributed by atoms with Gasteiger partial charge in [0.1, 0.15) is 5.75 Å². The molecule has 0 amide bonds. The maximum absolute atomic E-state index is 9.47. The molecule has 15 heavy (non-hydrogen) atoms. The first kappa shape index (κ1) is 12.0. The van der Waals surface area contributed by atoms with Gasteiger partial charge in [0, 0.05) is 6.54 Å². The quantitative estimate of drug-likeness (QED) is 0.657. The molecule has 0 saturated heterocycles. The van der Waals surface area contributed by atoms with Gasteiger partial charge in [-0.25, -0.2) is 0 Å². The minimum Gasteiger partial charge on any atom is -0.494 e. The Labute approximate surface area is 89.8 Å². The topological polar surface area (TPSA) is 81.5 Å². The molecule has 0 aromatic heterocycles. The average molecular weight is 210 g/mol. The Morgan fingerprint density at radius 3 is 2.40 bits per heavy atom. The average Bonchev–Trinajstić information content (AvgIpc) is 2.28. The molecule has 2 atom stereocenters. The van der Waals surface area contributed by atoms with Crippen LogP contribution in [-0.4, -0.2) is 24.4 Å². The highest BCUT2D eigenvalue weighted by Crippen LogP contribution is 2.18. The Bertz CT molecular complexity index is 287. The Kier molecular flexibility index (Phi) is 4.55. The minimum atomic E-state index is -0.706. The summed E-state index contributed by atoms with van der Waals surface area (Å²) in [4.78, 5) is 0. The summed E-state index contributed by atoms with van der Waals surface area (Å²) in [6, 6.07) is 6.91. The van der Waals surface area contributed by atoms with E-state index in [1.165, 1.54) is 0 Å². The van der Waals surface area contributed by atoms with Crippen molar-refractivity contribution >= 4 is 0 Å². The third-order valence-electron chi connectivity index (χ3n) is 2.23. The van der Waals surface area contributed by atoms with E-state index in [1.807, 2.05) is 31.2 Å². The molecule has 0 fully saturated rings.